The van der Waals surface area contributed by atoms with Gasteiger partial charge in [0.05, 0.1) is 0 Å². The predicted octanol–water partition coefficient (Wildman–Crippen LogP) is 3.62. The third-order valence-electron chi connectivity index (χ3n) is 5.92. The largest absolute Gasteiger partial charge is 0.477 e. The van der Waals surface area contributed by atoms with Gasteiger partial charge in [0.2, 0.25) is 5.91 Å². The number of alkyl carbamates (subject to hydrolysis) is 1. The summed E-state index contributed by atoms with van der Waals surface area (Å²) in [5.41, 5.74) is 4.38. The van der Waals surface area contributed by atoms with Crippen molar-refractivity contribution in [2.24, 2.45) is 13.0 Å². The lowest BCUT2D eigenvalue weighted by atomic mass is 9.98. The van der Waals surface area contributed by atoms with Crippen LogP contribution in [0.25, 0.3) is 11.1 Å². The molecule has 0 saturated carbocycles. The molecular formula is C25H26N4O5. The van der Waals surface area contributed by atoms with Crippen LogP contribution in [0.2, 0.25) is 0 Å². The van der Waals surface area contributed by atoms with Gasteiger partial charge in [0, 0.05) is 19.0 Å². The van der Waals surface area contributed by atoms with Crippen LogP contribution in [-0.2, 0) is 16.6 Å². The van der Waals surface area contributed by atoms with Gasteiger partial charge in [-0.2, -0.15) is 5.10 Å². The predicted molar refractivity (Wildman–Crippen MR) is 126 cm³/mol. The van der Waals surface area contributed by atoms with Gasteiger partial charge in [0.25, 0.3) is 0 Å². The fourth-order valence-electron chi connectivity index (χ4n) is 4.23. The Kier molecular flexibility index (Phi) is 6.36. The first-order chi connectivity index (χ1) is 16.3. The number of nitrogens with one attached hydrogen (secondary N) is 2. The van der Waals surface area contributed by atoms with Gasteiger partial charge in [-0.05, 0) is 28.2 Å². The number of amides is 2. The van der Waals surface area contributed by atoms with Crippen LogP contribution in [0.15, 0.2) is 54.6 Å². The minimum Gasteiger partial charge on any atom is -0.477 e. The lowest BCUT2D eigenvalue weighted by Crippen LogP contribution is -2.47. The number of aromatic carboxylic acids is 1. The third kappa shape index (κ3) is 4.50. The van der Waals surface area contributed by atoms with Gasteiger partial charge in [0.1, 0.15) is 18.3 Å². The molecule has 1 aromatic heterocycles. The Labute approximate surface area is 196 Å². The molecule has 1 atom stereocenters. The van der Waals surface area contributed by atoms with E-state index in [0.717, 1.165) is 26.9 Å². The van der Waals surface area contributed by atoms with E-state index in [1.807, 2.05) is 36.4 Å². The van der Waals surface area contributed by atoms with Crippen LogP contribution in [0.3, 0.4) is 0 Å². The van der Waals surface area contributed by atoms with Crippen molar-refractivity contribution in [1.82, 2.24) is 15.1 Å². The Morgan fingerprint density at radius 1 is 1.06 bits per heavy atom. The first kappa shape index (κ1) is 23.0. The second-order valence-electron chi connectivity index (χ2n) is 8.52. The first-order valence-electron chi connectivity index (χ1n) is 11.0. The molecule has 176 valence electrons. The van der Waals surface area contributed by atoms with Crippen molar-refractivity contribution in [2.45, 2.75) is 25.8 Å². The third-order valence-corrected chi connectivity index (χ3v) is 5.92. The SMILES string of the molecule is CC(C)C(NC(=O)OCC1c2ccccc2-c2ccccc21)C(=O)Nc1cc(C(=O)O)n(C)n1. The number of anilines is 1. The van der Waals surface area contributed by atoms with E-state index in [0.29, 0.717) is 0 Å². The average Bonchev–Trinajstić information content (AvgIpc) is 3.33. The van der Waals surface area contributed by atoms with Crippen LogP contribution >= 0.6 is 0 Å². The van der Waals surface area contributed by atoms with Gasteiger partial charge in [-0.25, -0.2) is 9.59 Å². The van der Waals surface area contributed by atoms with E-state index in [-0.39, 0.29) is 30.0 Å². The Balaban J connectivity index is 1.41. The highest BCUT2D eigenvalue weighted by Gasteiger charge is 2.30. The van der Waals surface area contributed by atoms with Crippen LogP contribution < -0.4 is 10.6 Å². The molecule has 0 radical (unpaired) electrons. The summed E-state index contributed by atoms with van der Waals surface area (Å²) >= 11 is 0. The zero-order valence-electron chi connectivity index (χ0n) is 19.1. The maximum absolute atomic E-state index is 12.8. The number of rotatable bonds is 7. The number of hydrogen-bond acceptors (Lipinski definition) is 5. The topological polar surface area (TPSA) is 123 Å². The fraction of sp³-hybridized carbons (Fsp3) is 0.280. The standard InChI is InChI=1S/C25H26N4O5/c1-14(2)22(23(30)26-21-12-20(24(31)32)29(3)28-21)27-25(33)34-13-19-17-10-6-4-8-15(17)16-9-5-7-11-18(16)19/h4-12,14,19,22H,13H2,1-3H3,(H,27,33)(H,31,32)(H,26,28,30). The Bertz CT molecular complexity index is 1200. The van der Waals surface area contributed by atoms with E-state index in [2.05, 4.69) is 27.9 Å². The highest BCUT2D eigenvalue weighted by Crippen LogP contribution is 2.44. The summed E-state index contributed by atoms with van der Waals surface area (Å²) in [4.78, 5) is 36.6. The zero-order chi connectivity index (χ0) is 24.4. The number of ether oxygens (including phenoxy) is 1. The molecule has 0 bridgehead atoms. The van der Waals surface area contributed by atoms with Crippen molar-refractivity contribution in [3.8, 4) is 11.1 Å². The van der Waals surface area contributed by atoms with Gasteiger partial charge >= 0.3 is 12.1 Å². The van der Waals surface area contributed by atoms with Crippen molar-refractivity contribution in [1.29, 1.82) is 0 Å². The number of carbonyl (C=O) groups excluding carboxylic acids is 2. The van der Waals surface area contributed by atoms with Crippen LogP contribution in [-0.4, -0.2) is 45.5 Å². The fourth-order valence-corrected chi connectivity index (χ4v) is 4.23. The van der Waals surface area contributed by atoms with Crippen molar-refractivity contribution in [3.63, 3.8) is 0 Å². The zero-order valence-corrected chi connectivity index (χ0v) is 19.1. The van der Waals surface area contributed by atoms with Gasteiger partial charge in [-0.1, -0.05) is 62.4 Å². The van der Waals surface area contributed by atoms with E-state index in [4.69, 9.17) is 9.84 Å². The van der Waals surface area contributed by atoms with Gasteiger partial charge in [-0.15, -0.1) is 0 Å². The van der Waals surface area contributed by atoms with E-state index in [1.54, 1.807) is 13.8 Å². The number of aryl methyl sites for hydroxylation is 1. The van der Waals surface area contributed by atoms with Crippen molar-refractivity contribution < 1.29 is 24.2 Å². The summed E-state index contributed by atoms with van der Waals surface area (Å²) in [6.45, 7) is 3.71. The molecule has 1 aliphatic rings. The van der Waals surface area contributed by atoms with E-state index in [9.17, 15) is 14.4 Å². The molecule has 2 amide bonds. The number of nitrogens with zero attached hydrogens (tertiary/aromatic N) is 2. The van der Waals surface area contributed by atoms with Crippen molar-refractivity contribution in [2.75, 3.05) is 11.9 Å². The second-order valence-corrected chi connectivity index (χ2v) is 8.52. The molecule has 34 heavy (non-hydrogen) atoms. The summed E-state index contributed by atoms with van der Waals surface area (Å²) in [6, 6.07) is 16.4. The van der Waals surface area contributed by atoms with Crippen LogP contribution in [0, 0.1) is 5.92 Å². The summed E-state index contributed by atoms with van der Waals surface area (Å²) in [5.74, 6) is -1.92. The number of carbonyl (C=O) groups is 3. The maximum Gasteiger partial charge on any atom is 0.407 e. The average molecular weight is 463 g/mol. The number of carboxylic acids is 1. The van der Waals surface area contributed by atoms with Gasteiger partial charge in [0.15, 0.2) is 5.82 Å². The maximum atomic E-state index is 12.8. The number of hydrogen-bond donors (Lipinski definition) is 3. The minimum absolute atomic E-state index is 0.0686. The van der Waals surface area contributed by atoms with E-state index >= 15 is 0 Å². The lowest BCUT2D eigenvalue weighted by molar-refractivity contribution is -0.119. The Morgan fingerprint density at radius 3 is 2.18 bits per heavy atom. The monoisotopic (exact) mass is 462 g/mol. The van der Waals surface area contributed by atoms with Crippen LogP contribution in [0.4, 0.5) is 10.6 Å². The molecule has 0 fully saturated rings. The molecule has 0 saturated heterocycles. The van der Waals surface area contributed by atoms with Gasteiger partial charge in [-0.3, -0.25) is 9.48 Å². The van der Waals surface area contributed by atoms with Gasteiger partial charge < -0.3 is 20.5 Å². The first-order valence-corrected chi connectivity index (χ1v) is 11.0. The molecule has 4 rings (SSSR count). The summed E-state index contributed by atoms with van der Waals surface area (Å²) in [7, 11) is 1.47. The molecular weight excluding hydrogens is 436 g/mol. The number of benzene rings is 2. The molecule has 9 nitrogen and oxygen atoms in total. The minimum atomic E-state index is -1.16. The Morgan fingerprint density at radius 2 is 1.65 bits per heavy atom. The van der Waals surface area contributed by atoms with Crippen molar-refractivity contribution in [3.05, 3.63) is 71.4 Å². The molecule has 2 aromatic carbocycles. The lowest BCUT2D eigenvalue weighted by Gasteiger charge is -2.22. The molecule has 1 aliphatic carbocycles. The molecule has 1 unspecified atom stereocenters. The quantitative estimate of drug-likeness (QED) is 0.493. The highest BCUT2D eigenvalue weighted by molar-refractivity contribution is 5.97. The Hall–Kier alpha value is -4.14. The summed E-state index contributed by atoms with van der Waals surface area (Å²) in [5, 5.41) is 18.3. The van der Waals surface area contributed by atoms with Crippen LogP contribution in [0.5, 0.6) is 0 Å². The van der Waals surface area contributed by atoms with Crippen molar-refractivity contribution >= 4 is 23.8 Å². The number of aromatic nitrogens is 2. The van der Waals surface area contributed by atoms with E-state index in [1.165, 1.54) is 13.1 Å². The number of fused-ring (bicyclic) bond motifs is 3. The molecule has 9 heteroatoms. The molecule has 0 spiro atoms. The second kappa shape index (κ2) is 9.38. The summed E-state index contributed by atoms with van der Waals surface area (Å²) in [6.07, 6.45) is -0.706. The molecule has 3 N–H and O–H groups in total. The molecule has 0 aliphatic heterocycles. The van der Waals surface area contributed by atoms with Crippen LogP contribution in [0.1, 0.15) is 41.4 Å². The molecule has 1 heterocycles. The molecule has 3 aromatic rings. The highest BCUT2D eigenvalue weighted by atomic mass is 16.5. The normalized spacial score (nSPS) is 13.2. The smallest absolute Gasteiger partial charge is 0.407 e. The van der Waals surface area contributed by atoms with E-state index < -0.39 is 24.0 Å². The summed E-state index contributed by atoms with van der Waals surface area (Å²) < 4.78 is 6.70. The number of carboxylic acid groups (broad SMARTS) is 1.